The lowest BCUT2D eigenvalue weighted by Gasteiger charge is -2.40. The van der Waals surface area contributed by atoms with Crippen LogP contribution in [0.5, 0.6) is 17.2 Å². The van der Waals surface area contributed by atoms with E-state index in [9.17, 15) is 9.59 Å². The van der Waals surface area contributed by atoms with Crippen LogP contribution in [-0.2, 0) is 4.79 Å². The number of benzene rings is 2. The van der Waals surface area contributed by atoms with E-state index in [1.807, 2.05) is 24.3 Å². The minimum Gasteiger partial charge on any atom is -0.493 e. The summed E-state index contributed by atoms with van der Waals surface area (Å²) < 4.78 is 22.1. The first kappa shape index (κ1) is 18.9. The van der Waals surface area contributed by atoms with Crippen molar-refractivity contribution in [1.29, 1.82) is 0 Å². The van der Waals surface area contributed by atoms with Gasteiger partial charge in [0.25, 0.3) is 5.91 Å². The van der Waals surface area contributed by atoms with Crippen LogP contribution in [-0.4, -0.2) is 43.2 Å². The molecule has 1 atom stereocenters. The largest absolute Gasteiger partial charge is 0.493 e. The fourth-order valence-corrected chi connectivity index (χ4v) is 3.21. The molecule has 0 aliphatic carbocycles. The first-order valence-corrected chi connectivity index (χ1v) is 9.32. The number of hydrogen-bond acceptors (Lipinski definition) is 6. The van der Waals surface area contributed by atoms with E-state index in [1.54, 1.807) is 43.2 Å². The number of para-hydroxylation sites is 2. The molecular formula is C22H21NO6. The molecular weight excluding hydrogens is 374 g/mol. The Labute approximate surface area is 167 Å². The number of hydrogen-bond donors (Lipinski definition) is 0. The Kier molecular flexibility index (Phi) is 5.12. The van der Waals surface area contributed by atoms with Crippen molar-refractivity contribution in [2.24, 2.45) is 0 Å². The molecule has 1 unspecified atom stereocenters. The van der Waals surface area contributed by atoms with E-state index >= 15 is 0 Å². The fraction of sp³-hybridized carbons (Fsp3) is 0.273. The van der Waals surface area contributed by atoms with E-state index < -0.39 is 11.7 Å². The van der Waals surface area contributed by atoms with Gasteiger partial charge >= 0.3 is 5.63 Å². The van der Waals surface area contributed by atoms with Gasteiger partial charge in [0.2, 0.25) is 0 Å². The third-order valence-corrected chi connectivity index (χ3v) is 4.78. The molecule has 0 bridgehead atoms. The third kappa shape index (κ3) is 4.03. The topological polar surface area (TPSA) is 78.2 Å². The molecule has 1 saturated heterocycles. The van der Waals surface area contributed by atoms with E-state index in [0.29, 0.717) is 35.9 Å². The number of nitrogens with zero attached hydrogens (tertiary/aromatic N) is 1. The molecule has 2 heterocycles. The quantitative estimate of drug-likeness (QED) is 0.598. The van der Waals surface area contributed by atoms with Crippen LogP contribution in [0.1, 0.15) is 6.92 Å². The molecule has 2 aromatic carbocycles. The molecule has 0 saturated carbocycles. The van der Waals surface area contributed by atoms with Crippen molar-refractivity contribution in [3.8, 4) is 17.2 Å². The predicted octanol–water partition coefficient (Wildman–Crippen LogP) is 2.86. The maximum Gasteiger partial charge on any atom is 0.336 e. The summed E-state index contributed by atoms with van der Waals surface area (Å²) in [5.74, 6) is 1.67. The summed E-state index contributed by atoms with van der Waals surface area (Å²) in [4.78, 5) is 25.7. The van der Waals surface area contributed by atoms with Crippen molar-refractivity contribution in [1.82, 2.24) is 4.90 Å². The van der Waals surface area contributed by atoms with E-state index in [-0.39, 0.29) is 12.0 Å². The summed E-state index contributed by atoms with van der Waals surface area (Å²) in [5.41, 5.74) is -0.00989. The van der Waals surface area contributed by atoms with Gasteiger partial charge < -0.3 is 23.5 Å². The first-order valence-electron chi connectivity index (χ1n) is 9.32. The Morgan fingerprint density at radius 2 is 1.83 bits per heavy atom. The molecule has 1 aromatic heterocycles. The van der Waals surface area contributed by atoms with Crippen molar-refractivity contribution in [3.05, 3.63) is 65.0 Å². The fourth-order valence-electron chi connectivity index (χ4n) is 3.21. The van der Waals surface area contributed by atoms with Crippen LogP contribution >= 0.6 is 0 Å². The van der Waals surface area contributed by atoms with Gasteiger partial charge in [0.15, 0.2) is 17.6 Å². The average molecular weight is 395 g/mol. The average Bonchev–Trinajstić information content (AvgIpc) is 2.69. The molecule has 0 radical (unpaired) electrons. The SMILES string of the molecule is COc1ccccc1OC1CN(C(=O)C(C)Oc2ccc3ccc(=O)oc3c2)C1. The summed E-state index contributed by atoms with van der Waals surface area (Å²) in [6.07, 6.45) is -0.757. The van der Waals surface area contributed by atoms with Crippen LogP contribution in [0.2, 0.25) is 0 Å². The van der Waals surface area contributed by atoms with Crippen LogP contribution in [0, 0.1) is 0 Å². The predicted molar refractivity (Wildman–Crippen MR) is 107 cm³/mol. The maximum absolute atomic E-state index is 12.6. The molecule has 1 amide bonds. The second kappa shape index (κ2) is 7.87. The summed E-state index contributed by atoms with van der Waals surface area (Å²) in [7, 11) is 1.59. The van der Waals surface area contributed by atoms with E-state index in [4.69, 9.17) is 18.6 Å². The van der Waals surface area contributed by atoms with Gasteiger partial charge in [-0.1, -0.05) is 12.1 Å². The van der Waals surface area contributed by atoms with Gasteiger partial charge in [0.1, 0.15) is 17.4 Å². The monoisotopic (exact) mass is 395 g/mol. The zero-order valence-corrected chi connectivity index (χ0v) is 16.2. The molecule has 0 spiro atoms. The first-order chi connectivity index (χ1) is 14.0. The van der Waals surface area contributed by atoms with Gasteiger partial charge in [-0.05, 0) is 37.3 Å². The highest BCUT2D eigenvalue weighted by molar-refractivity contribution is 5.82. The Hall–Kier alpha value is -3.48. The molecule has 1 aliphatic rings. The van der Waals surface area contributed by atoms with Crippen molar-refractivity contribution in [3.63, 3.8) is 0 Å². The van der Waals surface area contributed by atoms with Gasteiger partial charge in [-0.3, -0.25) is 4.79 Å². The molecule has 29 heavy (non-hydrogen) atoms. The number of methoxy groups -OCH3 is 1. The van der Waals surface area contributed by atoms with Crippen molar-refractivity contribution in [2.75, 3.05) is 20.2 Å². The van der Waals surface area contributed by atoms with Gasteiger partial charge in [0.05, 0.1) is 20.2 Å². The van der Waals surface area contributed by atoms with Crippen molar-refractivity contribution >= 4 is 16.9 Å². The van der Waals surface area contributed by atoms with Crippen LogP contribution in [0.3, 0.4) is 0 Å². The van der Waals surface area contributed by atoms with E-state index in [0.717, 1.165) is 5.39 Å². The number of rotatable bonds is 6. The second-order valence-electron chi connectivity index (χ2n) is 6.85. The van der Waals surface area contributed by atoms with Gasteiger partial charge in [-0.15, -0.1) is 0 Å². The standard InChI is InChI=1S/C22H21NO6/c1-14(27-16-9-7-15-8-10-21(24)29-20(15)11-16)22(25)23-12-17(13-23)28-19-6-4-3-5-18(19)26-2/h3-11,14,17H,12-13H2,1-2H3. The number of likely N-dealkylation sites (tertiary alicyclic amines) is 1. The molecule has 150 valence electrons. The van der Waals surface area contributed by atoms with Crippen LogP contribution in [0.25, 0.3) is 11.0 Å². The zero-order chi connectivity index (χ0) is 20.4. The van der Waals surface area contributed by atoms with E-state index in [1.165, 1.54) is 6.07 Å². The third-order valence-electron chi connectivity index (χ3n) is 4.78. The lowest BCUT2D eigenvalue weighted by Crippen LogP contribution is -2.58. The summed E-state index contributed by atoms with van der Waals surface area (Å²) in [5, 5.41) is 0.787. The van der Waals surface area contributed by atoms with Crippen LogP contribution in [0.15, 0.2) is 63.8 Å². The molecule has 7 heteroatoms. The molecule has 1 fully saturated rings. The Bertz CT molecular complexity index is 1090. The highest BCUT2D eigenvalue weighted by Crippen LogP contribution is 2.29. The Balaban J connectivity index is 1.34. The highest BCUT2D eigenvalue weighted by Gasteiger charge is 2.35. The van der Waals surface area contributed by atoms with Crippen LogP contribution in [0.4, 0.5) is 0 Å². The second-order valence-corrected chi connectivity index (χ2v) is 6.85. The lowest BCUT2D eigenvalue weighted by atomic mass is 10.1. The Morgan fingerprint density at radius 1 is 1.10 bits per heavy atom. The lowest BCUT2D eigenvalue weighted by molar-refractivity contribution is -0.146. The minimum absolute atomic E-state index is 0.0857. The summed E-state index contributed by atoms with van der Waals surface area (Å²) in [6.45, 7) is 2.66. The number of ether oxygens (including phenoxy) is 3. The van der Waals surface area contributed by atoms with Gasteiger partial charge in [0, 0.05) is 17.5 Å². The number of carbonyl (C=O) groups excluding carboxylic acids is 1. The van der Waals surface area contributed by atoms with Gasteiger partial charge in [-0.25, -0.2) is 4.79 Å². The van der Waals surface area contributed by atoms with E-state index in [2.05, 4.69) is 0 Å². The van der Waals surface area contributed by atoms with Gasteiger partial charge in [-0.2, -0.15) is 0 Å². The van der Waals surface area contributed by atoms with Crippen molar-refractivity contribution < 1.29 is 23.4 Å². The van der Waals surface area contributed by atoms with Crippen molar-refractivity contribution in [2.45, 2.75) is 19.1 Å². The summed E-state index contributed by atoms with van der Waals surface area (Å²) in [6, 6.07) is 15.6. The Morgan fingerprint density at radius 3 is 2.59 bits per heavy atom. The highest BCUT2D eigenvalue weighted by atomic mass is 16.5. The molecule has 3 aromatic rings. The zero-order valence-electron chi connectivity index (χ0n) is 16.2. The maximum atomic E-state index is 12.6. The number of carbonyl (C=O) groups is 1. The smallest absolute Gasteiger partial charge is 0.336 e. The molecule has 1 aliphatic heterocycles. The number of amides is 1. The molecule has 7 nitrogen and oxygen atoms in total. The van der Waals surface area contributed by atoms with Crippen LogP contribution < -0.4 is 19.8 Å². The molecule has 4 rings (SSSR count). The normalized spacial score (nSPS) is 14.9. The summed E-state index contributed by atoms with van der Waals surface area (Å²) >= 11 is 0. The minimum atomic E-state index is -0.671. The molecule has 0 N–H and O–H groups in total. The number of fused-ring (bicyclic) bond motifs is 1.